The normalized spacial score (nSPS) is 13.8. The third kappa shape index (κ3) is 4.88. The molecule has 160 valence electrons. The molecule has 1 aliphatic rings. The average molecular weight is 419 g/mol. The summed E-state index contributed by atoms with van der Waals surface area (Å²) in [6, 6.07) is 14.6. The second-order valence-electron chi connectivity index (χ2n) is 7.57. The highest BCUT2D eigenvalue weighted by atomic mass is 16.5. The van der Waals surface area contributed by atoms with Gasteiger partial charge in [0, 0.05) is 51.9 Å². The SMILES string of the molecule is Cc1ccc(Oc2cccc(C(=O)N3CCN(c4ccc(N(C)C)nn4)CC3)c2)nn1. The summed E-state index contributed by atoms with van der Waals surface area (Å²) in [5.74, 6) is 2.57. The van der Waals surface area contributed by atoms with Gasteiger partial charge in [0.05, 0.1) is 5.69 Å². The highest BCUT2D eigenvalue weighted by molar-refractivity contribution is 5.94. The minimum absolute atomic E-state index is 0.0193. The molecule has 0 aliphatic carbocycles. The van der Waals surface area contributed by atoms with Crippen LogP contribution in [0.25, 0.3) is 0 Å². The van der Waals surface area contributed by atoms with Crippen molar-refractivity contribution in [3.63, 3.8) is 0 Å². The fraction of sp³-hybridized carbons (Fsp3) is 0.318. The third-order valence-corrected chi connectivity index (χ3v) is 5.06. The lowest BCUT2D eigenvalue weighted by molar-refractivity contribution is 0.0746. The molecule has 0 spiro atoms. The number of anilines is 2. The molecule has 3 aromatic rings. The van der Waals surface area contributed by atoms with Gasteiger partial charge in [-0.2, -0.15) is 5.10 Å². The third-order valence-electron chi connectivity index (χ3n) is 5.06. The molecule has 1 aliphatic heterocycles. The molecule has 0 saturated carbocycles. The van der Waals surface area contributed by atoms with E-state index in [4.69, 9.17) is 4.74 Å². The summed E-state index contributed by atoms with van der Waals surface area (Å²) in [5, 5.41) is 16.5. The fourth-order valence-electron chi connectivity index (χ4n) is 3.30. The van der Waals surface area contributed by atoms with Crippen molar-refractivity contribution in [2.75, 3.05) is 50.1 Å². The van der Waals surface area contributed by atoms with Crippen LogP contribution in [0.4, 0.5) is 11.6 Å². The van der Waals surface area contributed by atoms with E-state index in [0.717, 1.165) is 17.3 Å². The van der Waals surface area contributed by atoms with Gasteiger partial charge in [0.1, 0.15) is 5.75 Å². The molecule has 0 unspecified atom stereocenters. The number of nitrogens with zero attached hydrogens (tertiary/aromatic N) is 7. The molecule has 9 nitrogen and oxygen atoms in total. The Labute approximate surface area is 181 Å². The number of hydrogen-bond acceptors (Lipinski definition) is 8. The Bertz CT molecular complexity index is 1030. The molecule has 1 amide bonds. The molecule has 0 radical (unpaired) electrons. The van der Waals surface area contributed by atoms with Crippen LogP contribution < -0.4 is 14.5 Å². The second kappa shape index (κ2) is 8.95. The molecule has 9 heteroatoms. The molecule has 0 atom stereocenters. The summed E-state index contributed by atoms with van der Waals surface area (Å²) in [7, 11) is 3.87. The van der Waals surface area contributed by atoms with E-state index in [1.165, 1.54) is 0 Å². The van der Waals surface area contributed by atoms with Gasteiger partial charge in [-0.05, 0) is 43.3 Å². The molecule has 1 aromatic carbocycles. The minimum atomic E-state index is -0.0193. The number of hydrogen-bond donors (Lipinski definition) is 0. The molecule has 2 aromatic heterocycles. The first-order chi connectivity index (χ1) is 15.0. The van der Waals surface area contributed by atoms with Gasteiger partial charge in [-0.3, -0.25) is 4.79 Å². The van der Waals surface area contributed by atoms with Gasteiger partial charge in [0.2, 0.25) is 5.88 Å². The van der Waals surface area contributed by atoms with Gasteiger partial charge in [-0.15, -0.1) is 15.3 Å². The number of benzene rings is 1. The molecule has 0 N–H and O–H groups in total. The topological polar surface area (TPSA) is 87.6 Å². The van der Waals surface area contributed by atoms with Crippen LogP contribution in [0.1, 0.15) is 16.1 Å². The van der Waals surface area contributed by atoms with Gasteiger partial charge >= 0.3 is 0 Å². The molecule has 1 fully saturated rings. The summed E-state index contributed by atoms with van der Waals surface area (Å²) in [6.45, 7) is 4.50. The van der Waals surface area contributed by atoms with E-state index in [2.05, 4.69) is 25.3 Å². The van der Waals surface area contributed by atoms with Gasteiger partial charge in [0.25, 0.3) is 5.91 Å². The van der Waals surface area contributed by atoms with Crippen LogP contribution in [-0.4, -0.2) is 71.5 Å². The lowest BCUT2D eigenvalue weighted by atomic mass is 10.1. The van der Waals surface area contributed by atoms with Gasteiger partial charge < -0.3 is 19.4 Å². The van der Waals surface area contributed by atoms with E-state index in [-0.39, 0.29) is 5.91 Å². The summed E-state index contributed by atoms with van der Waals surface area (Å²) >= 11 is 0. The highest BCUT2D eigenvalue weighted by Gasteiger charge is 2.23. The maximum atomic E-state index is 13.0. The number of piperazine rings is 1. The Morgan fingerprint density at radius 3 is 2.39 bits per heavy atom. The molecular weight excluding hydrogens is 394 g/mol. The van der Waals surface area contributed by atoms with Crippen molar-refractivity contribution >= 4 is 17.5 Å². The Kier molecular flexibility index (Phi) is 5.92. The Morgan fingerprint density at radius 2 is 1.74 bits per heavy atom. The standard InChI is InChI=1S/C22H25N7O2/c1-16-7-10-21(26-23-16)31-18-6-4-5-17(15-18)22(30)29-13-11-28(12-14-29)20-9-8-19(24-25-20)27(2)3/h4-10,15H,11-14H2,1-3H3. The van der Waals surface area contributed by atoms with Crippen LogP contribution in [-0.2, 0) is 0 Å². The summed E-state index contributed by atoms with van der Waals surface area (Å²) in [5.41, 5.74) is 1.40. The van der Waals surface area contributed by atoms with Crippen LogP contribution in [0.3, 0.4) is 0 Å². The van der Waals surface area contributed by atoms with Crippen LogP contribution in [0.5, 0.6) is 11.6 Å². The van der Waals surface area contributed by atoms with E-state index in [1.54, 1.807) is 24.3 Å². The number of rotatable bonds is 5. The number of ether oxygens (including phenoxy) is 1. The minimum Gasteiger partial charge on any atom is -0.438 e. The van der Waals surface area contributed by atoms with Crippen molar-refractivity contribution in [2.45, 2.75) is 6.92 Å². The van der Waals surface area contributed by atoms with Crippen molar-refractivity contribution < 1.29 is 9.53 Å². The van der Waals surface area contributed by atoms with E-state index in [1.807, 2.05) is 55.1 Å². The fourth-order valence-corrected chi connectivity index (χ4v) is 3.30. The number of aromatic nitrogens is 4. The average Bonchev–Trinajstić information content (AvgIpc) is 2.80. The zero-order valence-electron chi connectivity index (χ0n) is 17.9. The maximum absolute atomic E-state index is 13.0. The quantitative estimate of drug-likeness (QED) is 0.623. The van der Waals surface area contributed by atoms with Crippen LogP contribution in [0.2, 0.25) is 0 Å². The molecular formula is C22H25N7O2. The lowest BCUT2D eigenvalue weighted by Gasteiger charge is -2.35. The van der Waals surface area contributed by atoms with Crippen molar-refractivity contribution in [3.8, 4) is 11.6 Å². The van der Waals surface area contributed by atoms with Crippen LogP contribution in [0.15, 0.2) is 48.5 Å². The number of aryl methyl sites for hydroxylation is 1. The summed E-state index contributed by atoms with van der Waals surface area (Å²) in [6.07, 6.45) is 0. The molecule has 0 bridgehead atoms. The van der Waals surface area contributed by atoms with Crippen molar-refractivity contribution in [2.24, 2.45) is 0 Å². The van der Waals surface area contributed by atoms with Crippen LogP contribution in [0, 0.1) is 6.92 Å². The lowest BCUT2D eigenvalue weighted by Crippen LogP contribution is -2.49. The largest absolute Gasteiger partial charge is 0.438 e. The number of carbonyl (C=O) groups excluding carboxylic acids is 1. The number of amides is 1. The highest BCUT2D eigenvalue weighted by Crippen LogP contribution is 2.22. The van der Waals surface area contributed by atoms with Gasteiger partial charge in [0.15, 0.2) is 11.6 Å². The Morgan fingerprint density at radius 1 is 0.935 bits per heavy atom. The zero-order chi connectivity index (χ0) is 21.8. The summed E-state index contributed by atoms with van der Waals surface area (Å²) in [4.78, 5) is 18.9. The zero-order valence-corrected chi connectivity index (χ0v) is 17.9. The summed E-state index contributed by atoms with van der Waals surface area (Å²) < 4.78 is 5.74. The van der Waals surface area contributed by atoms with Gasteiger partial charge in [-0.1, -0.05) is 6.07 Å². The molecule has 3 heterocycles. The first-order valence-electron chi connectivity index (χ1n) is 10.1. The van der Waals surface area contributed by atoms with E-state index < -0.39 is 0 Å². The van der Waals surface area contributed by atoms with Crippen molar-refractivity contribution in [1.82, 2.24) is 25.3 Å². The number of carbonyl (C=O) groups is 1. The van der Waals surface area contributed by atoms with Gasteiger partial charge in [-0.25, -0.2) is 0 Å². The molecule has 31 heavy (non-hydrogen) atoms. The Balaban J connectivity index is 1.37. The van der Waals surface area contributed by atoms with Crippen molar-refractivity contribution in [1.29, 1.82) is 0 Å². The van der Waals surface area contributed by atoms with E-state index in [0.29, 0.717) is 43.4 Å². The maximum Gasteiger partial charge on any atom is 0.254 e. The molecule has 4 rings (SSSR count). The monoisotopic (exact) mass is 419 g/mol. The second-order valence-corrected chi connectivity index (χ2v) is 7.57. The van der Waals surface area contributed by atoms with Crippen LogP contribution >= 0.6 is 0 Å². The predicted octanol–water partition coefficient (Wildman–Crippen LogP) is 2.40. The first-order valence-corrected chi connectivity index (χ1v) is 10.1. The smallest absolute Gasteiger partial charge is 0.254 e. The first kappa shape index (κ1) is 20.5. The predicted molar refractivity (Wildman–Crippen MR) is 118 cm³/mol. The Hall–Kier alpha value is -3.75. The van der Waals surface area contributed by atoms with Crippen molar-refractivity contribution in [3.05, 3.63) is 59.8 Å². The van der Waals surface area contributed by atoms with E-state index >= 15 is 0 Å². The molecule has 1 saturated heterocycles. The van der Waals surface area contributed by atoms with E-state index in [9.17, 15) is 4.79 Å².